The zero-order valence-electron chi connectivity index (χ0n) is 18.8. The molecule has 1 atom stereocenters. The summed E-state index contributed by atoms with van der Waals surface area (Å²) in [5, 5.41) is 4.94. The lowest BCUT2D eigenvalue weighted by Gasteiger charge is -2.26. The molecule has 1 aromatic carbocycles. The first kappa shape index (κ1) is 20.5. The molecule has 7 heteroatoms. The van der Waals surface area contributed by atoms with E-state index in [2.05, 4.69) is 14.9 Å². The average molecular weight is 451 g/mol. The average Bonchev–Trinajstić information content (AvgIpc) is 3.51. The fourth-order valence-corrected chi connectivity index (χ4v) is 4.74. The van der Waals surface area contributed by atoms with Crippen LogP contribution in [0.5, 0.6) is 0 Å². The fraction of sp³-hybridized carbons (Fsp3) is 0.185. The van der Waals surface area contributed by atoms with Gasteiger partial charge in [0.05, 0.1) is 23.6 Å². The van der Waals surface area contributed by atoms with E-state index in [0.717, 1.165) is 64.8 Å². The van der Waals surface area contributed by atoms with Crippen molar-refractivity contribution in [2.75, 3.05) is 11.4 Å². The van der Waals surface area contributed by atoms with Crippen molar-refractivity contribution in [2.24, 2.45) is 0 Å². The van der Waals surface area contributed by atoms with Gasteiger partial charge in [-0.25, -0.2) is 18.9 Å². The molecular weight excluding hydrogens is 427 g/mol. The number of nitrogens with zero attached hydrogens (tertiary/aromatic N) is 6. The van der Waals surface area contributed by atoms with Crippen LogP contribution in [0, 0.1) is 12.7 Å². The lowest BCUT2D eigenvalue weighted by molar-refractivity contribution is 0.617. The number of benzene rings is 1. The molecule has 5 heterocycles. The molecule has 1 aliphatic heterocycles. The van der Waals surface area contributed by atoms with Crippen molar-refractivity contribution in [3.63, 3.8) is 0 Å². The van der Waals surface area contributed by atoms with Crippen LogP contribution in [-0.4, -0.2) is 31.1 Å². The minimum absolute atomic E-state index is 0.101. The molecule has 1 saturated heterocycles. The smallest absolute Gasteiger partial charge is 0.154 e. The fourth-order valence-electron chi connectivity index (χ4n) is 4.74. The first-order chi connectivity index (χ1) is 16.7. The van der Waals surface area contributed by atoms with Gasteiger partial charge in [-0.3, -0.25) is 4.98 Å². The van der Waals surface area contributed by atoms with Crippen LogP contribution in [0.4, 0.5) is 10.2 Å². The van der Waals surface area contributed by atoms with Gasteiger partial charge in [0.15, 0.2) is 5.65 Å². The van der Waals surface area contributed by atoms with E-state index in [1.165, 1.54) is 6.07 Å². The van der Waals surface area contributed by atoms with Crippen LogP contribution in [-0.2, 0) is 0 Å². The molecule has 6 rings (SSSR count). The van der Waals surface area contributed by atoms with Gasteiger partial charge in [0.25, 0.3) is 0 Å². The minimum atomic E-state index is -0.208. The number of fused-ring (bicyclic) bond motifs is 1. The molecule has 1 aliphatic rings. The van der Waals surface area contributed by atoms with E-state index in [1.54, 1.807) is 18.3 Å². The Balaban J connectivity index is 1.39. The monoisotopic (exact) mass is 450 g/mol. The second-order valence-corrected chi connectivity index (χ2v) is 8.61. The number of anilines is 1. The summed E-state index contributed by atoms with van der Waals surface area (Å²) in [5.74, 6) is 0.638. The number of imidazole rings is 1. The summed E-state index contributed by atoms with van der Waals surface area (Å²) in [7, 11) is 0. The van der Waals surface area contributed by atoms with E-state index in [1.807, 2.05) is 66.2 Å². The quantitative estimate of drug-likeness (QED) is 0.355. The molecule has 1 fully saturated rings. The number of hydrogen-bond acceptors (Lipinski definition) is 5. The Kier molecular flexibility index (Phi) is 5.02. The molecule has 0 radical (unpaired) electrons. The maximum atomic E-state index is 13.9. The third-order valence-corrected chi connectivity index (χ3v) is 6.33. The number of halogens is 1. The lowest BCUT2D eigenvalue weighted by Crippen LogP contribution is -2.24. The largest absolute Gasteiger partial charge is 0.348 e. The Labute approximate surface area is 196 Å². The first-order valence-corrected chi connectivity index (χ1v) is 11.4. The third-order valence-electron chi connectivity index (χ3n) is 6.33. The highest BCUT2D eigenvalue weighted by Gasteiger charge is 2.28. The molecule has 0 amide bonds. The number of hydrogen-bond donors (Lipinski definition) is 0. The zero-order chi connectivity index (χ0) is 23.1. The normalized spacial score (nSPS) is 15.8. The van der Waals surface area contributed by atoms with Gasteiger partial charge >= 0.3 is 0 Å². The van der Waals surface area contributed by atoms with Crippen molar-refractivity contribution in [2.45, 2.75) is 25.8 Å². The predicted octanol–water partition coefficient (Wildman–Crippen LogP) is 5.64. The summed E-state index contributed by atoms with van der Waals surface area (Å²) < 4.78 is 15.7. The Morgan fingerprint density at radius 2 is 1.82 bits per heavy atom. The summed E-state index contributed by atoms with van der Waals surface area (Å²) in [6.45, 7) is 2.84. The topological polar surface area (TPSA) is 59.2 Å². The molecule has 5 aromatic rings. The molecular formula is C27H23FN6. The highest BCUT2D eigenvalue weighted by Crippen LogP contribution is 2.35. The Hall–Kier alpha value is -4.13. The standard InChI is InChI=1S/C27H23FN6/c1-18-15-19(12-13-29-18)22-7-3-8-23(31-22)25-17-30-26-10-11-27(32-34(25)26)33-14-4-9-24(33)20-5-2-6-21(28)16-20/h2-3,5-8,10-13,15-17,24H,4,9,14H2,1H3. The van der Waals surface area contributed by atoms with Crippen molar-refractivity contribution in [3.8, 4) is 22.6 Å². The zero-order valence-corrected chi connectivity index (χ0v) is 18.8. The number of pyridine rings is 2. The van der Waals surface area contributed by atoms with Crippen molar-refractivity contribution < 1.29 is 4.39 Å². The first-order valence-electron chi connectivity index (χ1n) is 11.4. The second-order valence-electron chi connectivity index (χ2n) is 8.61. The van der Waals surface area contributed by atoms with Crippen molar-refractivity contribution in [1.29, 1.82) is 0 Å². The summed E-state index contributed by atoms with van der Waals surface area (Å²) in [4.78, 5) is 16.0. The lowest BCUT2D eigenvalue weighted by atomic mass is 10.0. The minimum Gasteiger partial charge on any atom is -0.348 e. The highest BCUT2D eigenvalue weighted by atomic mass is 19.1. The molecule has 6 nitrogen and oxygen atoms in total. The summed E-state index contributed by atoms with van der Waals surface area (Å²) in [5.41, 5.74) is 6.20. The number of aryl methyl sites for hydroxylation is 1. The van der Waals surface area contributed by atoms with Gasteiger partial charge in [-0.15, -0.1) is 5.10 Å². The van der Waals surface area contributed by atoms with Crippen LogP contribution in [0.2, 0.25) is 0 Å². The molecule has 0 saturated carbocycles. The van der Waals surface area contributed by atoms with Gasteiger partial charge < -0.3 is 4.90 Å². The van der Waals surface area contributed by atoms with Gasteiger partial charge in [-0.05, 0) is 73.9 Å². The Morgan fingerprint density at radius 1 is 0.941 bits per heavy atom. The van der Waals surface area contributed by atoms with Gasteiger partial charge in [0.1, 0.15) is 17.3 Å². The van der Waals surface area contributed by atoms with E-state index in [9.17, 15) is 4.39 Å². The summed E-state index contributed by atoms with van der Waals surface area (Å²) >= 11 is 0. The van der Waals surface area contributed by atoms with Crippen LogP contribution >= 0.6 is 0 Å². The highest BCUT2D eigenvalue weighted by molar-refractivity contribution is 5.66. The third kappa shape index (κ3) is 3.69. The molecule has 0 bridgehead atoms. The van der Waals surface area contributed by atoms with Gasteiger partial charge in [0, 0.05) is 24.0 Å². The van der Waals surface area contributed by atoms with Crippen molar-refractivity contribution in [3.05, 3.63) is 96.2 Å². The van der Waals surface area contributed by atoms with E-state index in [4.69, 9.17) is 10.1 Å². The molecule has 0 spiro atoms. The van der Waals surface area contributed by atoms with Gasteiger partial charge in [-0.2, -0.15) is 0 Å². The van der Waals surface area contributed by atoms with Crippen LogP contribution in [0.3, 0.4) is 0 Å². The molecule has 34 heavy (non-hydrogen) atoms. The second kappa shape index (κ2) is 8.33. The van der Waals surface area contributed by atoms with E-state index >= 15 is 0 Å². The molecule has 1 unspecified atom stereocenters. The number of rotatable bonds is 4. The summed E-state index contributed by atoms with van der Waals surface area (Å²) in [6.07, 6.45) is 5.61. The van der Waals surface area contributed by atoms with Crippen LogP contribution in [0.15, 0.2) is 79.1 Å². The van der Waals surface area contributed by atoms with Crippen LogP contribution < -0.4 is 4.90 Å². The van der Waals surface area contributed by atoms with Crippen molar-refractivity contribution >= 4 is 11.5 Å². The maximum Gasteiger partial charge on any atom is 0.154 e. The Morgan fingerprint density at radius 3 is 2.71 bits per heavy atom. The SMILES string of the molecule is Cc1cc(-c2cccc(-c3cnc4ccc(N5CCCC5c5cccc(F)c5)nn34)n2)ccn1. The molecule has 4 aromatic heterocycles. The number of aromatic nitrogens is 5. The van der Waals surface area contributed by atoms with Crippen molar-refractivity contribution in [1.82, 2.24) is 24.6 Å². The van der Waals surface area contributed by atoms with Gasteiger partial charge in [0.2, 0.25) is 0 Å². The van der Waals surface area contributed by atoms with Crippen LogP contribution in [0.1, 0.15) is 30.1 Å². The molecule has 0 N–H and O–H groups in total. The van der Waals surface area contributed by atoms with E-state index in [0.29, 0.717) is 0 Å². The Bertz CT molecular complexity index is 1490. The molecule has 0 aliphatic carbocycles. The van der Waals surface area contributed by atoms with Gasteiger partial charge in [-0.1, -0.05) is 18.2 Å². The summed E-state index contributed by atoms with van der Waals surface area (Å²) in [6, 6.07) is 20.9. The van der Waals surface area contributed by atoms with E-state index in [-0.39, 0.29) is 11.9 Å². The molecule has 168 valence electrons. The van der Waals surface area contributed by atoms with Crippen LogP contribution in [0.25, 0.3) is 28.3 Å². The van der Waals surface area contributed by atoms with E-state index < -0.39 is 0 Å². The predicted molar refractivity (Wildman–Crippen MR) is 130 cm³/mol. The maximum absolute atomic E-state index is 13.9.